The normalized spacial score (nSPS) is 10.9. The number of hydrogen-bond acceptors (Lipinski definition) is 5. The maximum atomic E-state index is 12.1. The number of carbonyl (C=O) groups excluding carboxylic acids is 2. The lowest BCUT2D eigenvalue weighted by Crippen LogP contribution is -2.43. The number of ether oxygens (including phenoxy) is 2. The summed E-state index contributed by atoms with van der Waals surface area (Å²) in [6.45, 7) is 9.30. The van der Waals surface area contributed by atoms with Gasteiger partial charge in [0.2, 0.25) is 0 Å². The van der Waals surface area contributed by atoms with E-state index in [1.54, 1.807) is 27.7 Å². The number of amides is 2. The van der Waals surface area contributed by atoms with Crippen LogP contribution in [-0.2, 0) is 9.47 Å². The number of hydrogen-bond donors (Lipinski definition) is 1. The second kappa shape index (κ2) is 17.0. The van der Waals surface area contributed by atoms with Gasteiger partial charge in [0, 0.05) is 5.75 Å². The lowest BCUT2D eigenvalue weighted by atomic mass is 10.1. The molecule has 0 aromatic carbocycles. The second-order valence-corrected chi connectivity index (χ2v) is 8.34. The molecule has 0 unspecified atom stereocenters. The largest absolute Gasteiger partial charge is 0.446 e. The van der Waals surface area contributed by atoms with Gasteiger partial charge in [-0.2, -0.15) is 4.41 Å². The van der Waals surface area contributed by atoms with E-state index in [0.717, 1.165) is 23.0 Å². The molecule has 0 aliphatic rings. The van der Waals surface area contributed by atoms with Gasteiger partial charge in [0.25, 0.3) is 0 Å². The zero-order chi connectivity index (χ0) is 20.5. The van der Waals surface area contributed by atoms with E-state index >= 15 is 0 Å². The fourth-order valence-corrected chi connectivity index (χ4v) is 3.25. The summed E-state index contributed by atoms with van der Waals surface area (Å²) in [6.07, 6.45) is 10.9. The van der Waals surface area contributed by atoms with Crippen LogP contribution in [0, 0.1) is 0 Å². The van der Waals surface area contributed by atoms with Gasteiger partial charge >= 0.3 is 12.2 Å². The highest BCUT2D eigenvalue weighted by atomic mass is 32.2. The molecule has 1 N–H and O–H groups in total. The smallest absolute Gasteiger partial charge is 0.439 e. The number of rotatable bonds is 14. The van der Waals surface area contributed by atoms with E-state index in [9.17, 15) is 9.59 Å². The summed E-state index contributed by atoms with van der Waals surface area (Å²) >= 11 is 1.25. The Kier molecular flexibility index (Phi) is 16.3. The third kappa shape index (κ3) is 16.8. The Morgan fingerprint density at radius 2 is 1.30 bits per heavy atom. The lowest BCUT2D eigenvalue weighted by Gasteiger charge is -2.22. The summed E-state index contributed by atoms with van der Waals surface area (Å²) in [5.41, 5.74) is 2.45. The molecule has 0 aliphatic heterocycles. The number of nitrogens with zero attached hydrogens (tertiary/aromatic N) is 1. The second-order valence-electron chi connectivity index (χ2n) is 7.31. The van der Waals surface area contributed by atoms with Crippen LogP contribution in [0.25, 0.3) is 0 Å². The molecular formula is C20H40N2O4S. The van der Waals surface area contributed by atoms with Gasteiger partial charge in [-0.05, 0) is 46.1 Å². The Morgan fingerprint density at radius 1 is 0.815 bits per heavy atom. The summed E-state index contributed by atoms with van der Waals surface area (Å²) in [5, 5.41) is 0. The molecule has 0 atom stereocenters. The quantitative estimate of drug-likeness (QED) is 0.205. The fraction of sp³-hybridized carbons (Fsp3) is 0.900. The maximum Gasteiger partial charge on any atom is 0.439 e. The Hall–Kier alpha value is -1.11. The molecule has 0 saturated heterocycles. The average molecular weight is 405 g/mol. The van der Waals surface area contributed by atoms with Crippen molar-refractivity contribution in [2.24, 2.45) is 0 Å². The standard InChI is InChI=1S/C20H40N2O4S/c1-6-7-8-9-10-11-12-13-14-15-16-27-22(20(24)26-18(4)5)21-19(23)25-17(2)3/h17-18H,6-16H2,1-5H3,(H,21,23). The molecule has 0 saturated carbocycles. The van der Waals surface area contributed by atoms with Gasteiger partial charge in [0.15, 0.2) is 0 Å². The first-order valence-corrected chi connectivity index (χ1v) is 11.4. The van der Waals surface area contributed by atoms with Crippen LogP contribution in [0.2, 0.25) is 0 Å². The predicted molar refractivity (Wildman–Crippen MR) is 113 cm³/mol. The van der Waals surface area contributed by atoms with Crippen molar-refractivity contribution < 1.29 is 19.1 Å². The van der Waals surface area contributed by atoms with E-state index in [1.165, 1.54) is 63.3 Å². The lowest BCUT2D eigenvalue weighted by molar-refractivity contribution is 0.0743. The first-order valence-electron chi connectivity index (χ1n) is 10.5. The molecule has 0 bridgehead atoms. The average Bonchev–Trinajstić information content (AvgIpc) is 2.57. The Bertz CT molecular complexity index is 392. The minimum absolute atomic E-state index is 0.249. The topological polar surface area (TPSA) is 67.9 Å². The van der Waals surface area contributed by atoms with Crippen LogP contribution in [0.4, 0.5) is 9.59 Å². The number of unbranched alkanes of at least 4 members (excludes halogenated alkanes) is 9. The van der Waals surface area contributed by atoms with E-state index < -0.39 is 12.2 Å². The van der Waals surface area contributed by atoms with Crippen molar-refractivity contribution in [3.63, 3.8) is 0 Å². The molecule has 0 heterocycles. The van der Waals surface area contributed by atoms with Crippen molar-refractivity contribution in [2.75, 3.05) is 5.75 Å². The highest BCUT2D eigenvalue weighted by molar-refractivity contribution is 7.97. The molecule has 0 aliphatic carbocycles. The molecule has 160 valence electrons. The minimum Gasteiger partial charge on any atom is -0.446 e. The molecule has 7 heteroatoms. The summed E-state index contributed by atoms with van der Waals surface area (Å²) in [6, 6.07) is 0. The summed E-state index contributed by atoms with van der Waals surface area (Å²) < 4.78 is 11.3. The van der Waals surface area contributed by atoms with Crippen molar-refractivity contribution in [2.45, 2.75) is 111 Å². The van der Waals surface area contributed by atoms with Crippen molar-refractivity contribution >= 4 is 24.1 Å². The summed E-state index contributed by atoms with van der Waals surface area (Å²) in [7, 11) is 0. The van der Waals surface area contributed by atoms with E-state index in [2.05, 4.69) is 12.3 Å². The van der Waals surface area contributed by atoms with Gasteiger partial charge in [-0.15, -0.1) is 0 Å². The van der Waals surface area contributed by atoms with Gasteiger partial charge in [0.1, 0.15) is 0 Å². The minimum atomic E-state index is -0.652. The van der Waals surface area contributed by atoms with Gasteiger partial charge in [-0.3, -0.25) is 0 Å². The maximum absolute atomic E-state index is 12.1. The highest BCUT2D eigenvalue weighted by Crippen LogP contribution is 2.15. The van der Waals surface area contributed by atoms with Gasteiger partial charge in [-0.25, -0.2) is 15.0 Å². The number of hydrazine groups is 1. The van der Waals surface area contributed by atoms with Crippen molar-refractivity contribution in [3.8, 4) is 0 Å². The summed E-state index contributed by atoms with van der Waals surface area (Å²) in [5.74, 6) is 0.742. The van der Waals surface area contributed by atoms with Crippen LogP contribution in [0.1, 0.15) is 98.8 Å². The first-order chi connectivity index (χ1) is 12.9. The van der Waals surface area contributed by atoms with Crippen LogP contribution in [0.15, 0.2) is 0 Å². The summed E-state index contributed by atoms with van der Waals surface area (Å²) in [4.78, 5) is 23.9. The first kappa shape index (κ1) is 25.9. The highest BCUT2D eigenvalue weighted by Gasteiger charge is 2.20. The third-order valence-electron chi connectivity index (χ3n) is 3.76. The van der Waals surface area contributed by atoms with E-state index in [-0.39, 0.29) is 12.2 Å². The Morgan fingerprint density at radius 3 is 1.78 bits per heavy atom. The molecular weight excluding hydrogens is 364 g/mol. The predicted octanol–water partition coefficient (Wildman–Crippen LogP) is 6.45. The molecule has 6 nitrogen and oxygen atoms in total. The van der Waals surface area contributed by atoms with E-state index in [1.807, 2.05) is 0 Å². The molecule has 0 radical (unpaired) electrons. The SMILES string of the molecule is CCCCCCCCCCCCSN(NC(=O)OC(C)C)C(=O)OC(C)C. The molecule has 0 aromatic rings. The molecule has 2 amide bonds. The van der Waals surface area contributed by atoms with E-state index in [4.69, 9.17) is 9.47 Å². The van der Waals surface area contributed by atoms with Gasteiger partial charge in [-0.1, -0.05) is 64.7 Å². The molecule has 0 spiro atoms. The molecule has 27 heavy (non-hydrogen) atoms. The number of nitrogens with one attached hydrogen (secondary N) is 1. The van der Waals surface area contributed by atoms with Crippen LogP contribution in [0.3, 0.4) is 0 Å². The van der Waals surface area contributed by atoms with Crippen LogP contribution >= 0.6 is 11.9 Å². The van der Waals surface area contributed by atoms with Gasteiger partial charge in [0.05, 0.1) is 12.2 Å². The van der Waals surface area contributed by atoms with Crippen molar-refractivity contribution in [3.05, 3.63) is 0 Å². The fourth-order valence-electron chi connectivity index (χ4n) is 2.45. The van der Waals surface area contributed by atoms with Crippen LogP contribution in [-0.4, -0.2) is 34.6 Å². The molecule has 0 aromatic heterocycles. The molecule has 0 rings (SSSR count). The third-order valence-corrected chi connectivity index (χ3v) is 4.73. The zero-order valence-corrected chi connectivity index (χ0v) is 18.7. The van der Waals surface area contributed by atoms with Crippen LogP contribution < -0.4 is 5.43 Å². The van der Waals surface area contributed by atoms with Crippen molar-refractivity contribution in [1.82, 2.24) is 9.84 Å². The molecule has 0 fully saturated rings. The van der Waals surface area contributed by atoms with Crippen molar-refractivity contribution in [1.29, 1.82) is 0 Å². The van der Waals surface area contributed by atoms with Crippen LogP contribution in [0.5, 0.6) is 0 Å². The monoisotopic (exact) mass is 404 g/mol. The Balaban J connectivity index is 3.97. The van der Waals surface area contributed by atoms with E-state index in [0.29, 0.717) is 0 Å². The number of carbonyl (C=O) groups is 2. The Labute approximate surface area is 170 Å². The zero-order valence-electron chi connectivity index (χ0n) is 17.9. The van der Waals surface area contributed by atoms with Gasteiger partial charge < -0.3 is 9.47 Å².